The van der Waals surface area contributed by atoms with Crippen LogP contribution in [0.3, 0.4) is 0 Å². The van der Waals surface area contributed by atoms with Crippen LogP contribution in [-0.4, -0.2) is 14.8 Å². The number of aromatic amines is 1. The van der Waals surface area contributed by atoms with Crippen LogP contribution in [0.25, 0.3) is 11.4 Å². The molecule has 0 aliphatic carbocycles. The van der Waals surface area contributed by atoms with Gasteiger partial charge in [0.25, 0.3) is 0 Å². The van der Waals surface area contributed by atoms with E-state index in [4.69, 9.17) is 12.2 Å². The second-order valence-corrected chi connectivity index (χ2v) is 3.16. The molecule has 4 heteroatoms. The fourth-order valence-corrected chi connectivity index (χ4v) is 1.46. The van der Waals surface area contributed by atoms with E-state index in [0.717, 1.165) is 11.4 Å². The zero-order valence-corrected chi connectivity index (χ0v) is 8.01. The van der Waals surface area contributed by atoms with Gasteiger partial charge in [0, 0.05) is 12.6 Å². The lowest BCUT2D eigenvalue weighted by Gasteiger charge is -1.98. The molecular formula is C9H9N3S. The van der Waals surface area contributed by atoms with Crippen molar-refractivity contribution in [3.05, 3.63) is 35.1 Å². The Hall–Kier alpha value is -1.42. The van der Waals surface area contributed by atoms with Crippen molar-refractivity contribution in [2.45, 2.75) is 0 Å². The van der Waals surface area contributed by atoms with Gasteiger partial charge in [-0.3, -0.25) is 9.78 Å². The number of rotatable bonds is 1. The molecule has 0 atom stereocenters. The number of aromatic nitrogens is 3. The van der Waals surface area contributed by atoms with E-state index in [-0.39, 0.29) is 0 Å². The molecule has 1 aromatic heterocycles. The van der Waals surface area contributed by atoms with Gasteiger partial charge in [-0.15, -0.1) is 0 Å². The molecule has 1 N–H and O–H groups in total. The van der Waals surface area contributed by atoms with Gasteiger partial charge in [-0.2, -0.15) is 4.98 Å². The number of nitrogens with zero attached hydrogens (tertiary/aromatic N) is 2. The van der Waals surface area contributed by atoms with Crippen molar-refractivity contribution < 1.29 is 0 Å². The third kappa shape index (κ3) is 1.53. The fraction of sp³-hybridized carbons (Fsp3) is 0.111. The average Bonchev–Trinajstić information content (AvgIpc) is 2.47. The maximum Gasteiger partial charge on any atom is 0.213 e. The molecule has 1 heterocycles. The summed E-state index contributed by atoms with van der Waals surface area (Å²) in [6.45, 7) is 0. The summed E-state index contributed by atoms with van der Waals surface area (Å²) in [5.41, 5.74) is 1.07. The van der Waals surface area contributed by atoms with E-state index < -0.39 is 0 Å². The molecule has 0 saturated carbocycles. The lowest BCUT2D eigenvalue weighted by Crippen LogP contribution is -1.93. The Morgan fingerprint density at radius 1 is 1.31 bits per heavy atom. The third-order valence-corrected chi connectivity index (χ3v) is 2.00. The molecule has 0 radical (unpaired) electrons. The molecule has 0 spiro atoms. The Balaban J connectivity index is 2.59. The SMILES string of the molecule is Cn1[nH]c(=S)nc1-c1ccccc1. The molecule has 0 saturated heterocycles. The Morgan fingerprint density at radius 2 is 2.00 bits per heavy atom. The quantitative estimate of drug-likeness (QED) is 0.701. The molecule has 0 fully saturated rings. The molecule has 2 aromatic rings. The molecule has 66 valence electrons. The molecule has 0 aliphatic heterocycles. The summed E-state index contributed by atoms with van der Waals surface area (Å²) < 4.78 is 2.33. The number of H-pyrrole nitrogens is 1. The van der Waals surface area contributed by atoms with Crippen molar-refractivity contribution in [2.75, 3.05) is 0 Å². The minimum Gasteiger partial charge on any atom is -0.271 e. The molecule has 0 unspecified atom stereocenters. The lowest BCUT2D eigenvalue weighted by molar-refractivity contribution is 0.771. The van der Waals surface area contributed by atoms with Gasteiger partial charge in [0.1, 0.15) is 0 Å². The van der Waals surface area contributed by atoms with Gasteiger partial charge in [-0.1, -0.05) is 30.3 Å². The summed E-state index contributed by atoms with van der Waals surface area (Å²) in [5, 5.41) is 2.93. The highest BCUT2D eigenvalue weighted by atomic mass is 32.1. The Labute approximate surface area is 81.0 Å². The van der Waals surface area contributed by atoms with Crippen molar-refractivity contribution >= 4 is 12.2 Å². The first-order chi connectivity index (χ1) is 6.27. The molecular weight excluding hydrogens is 182 g/mol. The Bertz CT molecular complexity index is 455. The summed E-state index contributed by atoms with van der Waals surface area (Å²) >= 11 is 4.93. The van der Waals surface area contributed by atoms with E-state index in [9.17, 15) is 0 Å². The standard InChI is InChI=1S/C9H9N3S/c1-12-8(10-9(13)11-12)7-5-3-2-4-6-7/h2-6H,1H3,(H,11,13). The summed E-state index contributed by atoms with van der Waals surface area (Å²) in [6.07, 6.45) is 0. The fourth-order valence-electron chi connectivity index (χ4n) is 1.24. The van der Waals surface area contributed by atoms with Crippen molar-refractivity contribution in [1.82, 2.24) is 14.8 Å². The molecule has 13 heavy (non-hydrogen) atoms. The lowest BCUT2D eigenvalue weighted by atomic mass is 10.2. The maximum atomic E-state index is 4.93. The first-order valence-corrected chi connectivity index (χ1v) is 4.36. The molecule has 1 aromatic carbocycles. The van der Waals surface area contributed by atoms with Gasteiger partial charge in [-0.05, 0) is 12.2 Å². The first kappa shape index (κ1) is 8.19. The van der Waals surface area contributed by atoms with Gasteiger partial charge in [0.05, 0.1) is 0 Å². The van der Waals surface area contributed by atoms with Gasteiger partial charge < -0.3 is 0 Å². The highest BCUT2D eigenvalue weighted by Crippen LogP contribution is 2.14. The van der Waals surface area contributed by atoms with Gasteiger partial charge in [0.15, 0.2) is 5.82 Å². The Kier molecular flexibility index (Phi) is 1.98. The van der Waals surface area contributed by atoms with Gasteiger partial charge in [-0.25, -0.2) is 0 Å². The smallest absolute Gasteiger partial charge is 0.213 e. The van der Waals surface area contributed by atoms with E-state index in [0.29, 0.717) is 4.77 Å². The molecule has 3 nitrogen and oxygen atoms in total. The zero-order valence-electron chi connectivity index (χ0n) is 7.19. The molecule has 0 aliphatic rings. The van der Waals surface area contributed by atoms with Crippen LogP contribution in [0.4, 0.5) is 0 Å². The van der Waals surface area contributed by atoms with E-state index in [1.807, 2.05) is 42.1 Å². The Morgan fingerprint density at radius 3 is 2.54 bits per heavy atom. The van der Waals surface area contributed by atoms with E-state index in [1.165, 1.54) is 0 Å². The molecule has 0 amide bonds. The topological polar surface area (TPSA) is 33.6 Å². The second kappa shape index (κ2) is 3.14. The largest absolute Gasteiger partial charge is 0.271 e. The van der Waals surface area contributed by atoms with Crippen LogP contribution >= 0.6 is 12.2 Å². The highest BCUT2D eigenvalue weighted by Gasteiger charge is 2.02. The number of benzene rings is 1. The first-order valence-electron chi connectivity index (χ1n) is 3.96. The van der Waals surface area contributed by atoms with Crippen molar-refractivity contribution in [3.63, 3.8) is 0 Å². The second-order valence-electron chi connectivity index (χ2n) is 2.78. The maximum absolute atomic E-state index is 4.93. The number of hydrogen-bond acceptors (Lipinski definition) is 2. The van der Waals surface area contributed by atoms with Crippen LogP contribution in [0.1, 0.15) is 0 Å². The number of aryl methyl sites for hydroxylation is 1. The van der Waals surface area contributed by atoms with Crippen LogP contribution in [0.5, 0.6) is 0 Å². The third-order valence-electron chi connectivity index (χ3n) is 1.82. The predicted octanol–water partition coefficient (Wildman–Crippen LogP) is 2.14. The van der Waals surface area contributed by atoms with Crippen LogP contribution in [0.15, 0.2) is 30.3 Å². The van der Waals surface area contributed by atoms with E-state index >= 15 is 0 Å². The van der Waals surface area contributed by atoms with Crippen LogP contribution < -0.4 is 0 Å². The summed E-state index contributed by atoms with van der Waals surface area (Å²) in [5.74, 6) is 0.866. The number of nitrogens with one attached hydrogen (secondary N) is 1. The van der Waals surface area contributed by atoms with E-state index in [2.05, 4.69) is 10.1 Å². The summed E-state index contributed by atoms with van der Waals surface area (Å²) in [4.78, 5) is 4.20. The molecule has 2 rings (SSSR count). The average molecular weight is 191 g/mol. The normalized spacial score (nSPS) is 10.2. The van der Waals surface area contributed by atoms with E-state index in [1.54, 1.807) is 0 Å². The monoisotopic (exact) mass is 191 g/mol. The minimum absolute atomic E-state index is 0.515. The predicted molar refractivity (Wildman–Crippen MR) is 53.8 cm³/mol. The van der Waals surface area contributed by atoms with Crippen LogP contribution in [-0.2, 0) is 7.05 Å². The van der Waals surface area contributed by atoms with Crippen molar-refractivity contribution in [3.8, 4) is 11.4 Å². The molecule has 0 bridgehead atoms. The van der Waals surface area contributed by atoms with Crippen molar-refractivity contribution in [2.24, 2.45) is 7.05 Å². The zero-order chi connectivity index (χ0) is 9.26. The highest BCUT2D eigenvalue weighted by molar-refractivity contribution is 7.71. The van der Waals surface area contributed by atoms with Gasteiger partial charge in [0.2, 0.25) is 4.77 Å². The summed E-state index contributed by atoms with van der Waals surface area (Å²) in [7, 11) is 1.89. The summed E-state index contributed by atoms with van der Waals surface area (Å²) in [6, 6.07) is 9.95. The van der Waals surface area contributed by atoms with Gasteiger partial charge >= 0.3 is 0 Å². The minimum atomic E-state index is 0.515. The number of hydrogen-bond donors (Lipinski definition) is 1. The van der Waals surface area contributed by atoms with Crippen molar-refractivity contribution in [1.29, 1.82) is 0 Å². The van der Waals surface area contributed by atoms with Crippen LogP contribution in [0.2, 0.25) is 0 Å². The van der Waals surface area contributed by atoms with Crippen LogP contribution in [0, 0.1) is 4.77 Å².